The molecule has 0 unspecified atom stereocenters. The summed E-state index contributed by atoms with van der Waals surface area (Å²) in [4.78, 5) is 34.5. The van der Waals surface area contributed by atoms with E-state index in [1.54, 1.807) is 25.1 Å². The Labute approximate surface area is 169 Å². The Hall–Kier alpha value is -3.79. The molecule has 0 atom stereocenters. The number of non-ortho nitro benzene ring substituents is 1. The number of benzene rings is 2. The van der Waals surface area contributed by atoms with E-state index in [0.29, 0.717) is 27.8 Å². The van der Waals surface area contributed by atoms with Crippen molar-refractivity contribution in [2.24, 2.45) is 0 Å². The first-order valence-electron chi connectivity index (χ1n) is 8.32. The summed E-state index contributed by atoms with van der Waals surface area (Å²) in [5.41, 5.74) is 1.35. The lowest BCUT2D eigenvalue weighted by molar-refractivity contribution is -0.384. The number of amides is 2. The Morgan fingerprint density at radius 3 is 2.59 bits per heavy atom. The van der Waals surface area contributed by atoms with E-state index in [2.05, 4.69) is 20.9 Å². The Bertz CT molecular complexity index is 1130. The van der Waals surface area contributed by atoms with E-state index in [-0.39, 0.29) is 17.3 Å². The van der Waals surface area contributed by atoms with Crippen LogP contribution in [0.15, 0.2) is 42.5 Å². The number of carbonyl (C=O) groups is 2. The van der Waals surface area contributed by atoms with Crippen LogP contribution >= 0.6 is 11.6 Å². The number of halogens is 1. The second-order valence-electron chi connectivity index (χ2n) is 6.04. The van der Waals surface area contributed by atoms with Gasteiger partial charge in [0.05, 0.1) is 27.7 Å². The molecule has 0 aliphatic rings. The van der Waals surface area contributed by atoms with Crippen LogP contribution in [0.25, 0.3) is 5.69 Å². The van der Waals surface area contributed by atoms with Gasteiger partial charge in [-0.05, 0) is 31.2 Å². The van der Waals surface area contributed by atoms with Crippen molar-refractivity contribution in [3.8, 4) is 5.69 Å². The highest BCUT2D eigenvalue weighted by molar-refractivity contribution is 6.31. The summed E-state index contributed by atoms with van der Waals surface area (Å²) in [5.74, 6) is -0.885. The van der Waals surface area contributed by atoms with Gasteiger partial charge < -0.3 is 10.6 Å². The molecule has 0 fully saturated rings. The average Bonchev–Trinajstić information content (AvgIpc) is 3.05. The summed E-state index contributed by atoms with van der Waals surface area (Å²) < 4.78 is 1.33. The van der Waals surface area contributed by atoms with Crippen LogP contribution in [0.3, 0.4) is 0 Å². The Morgan fingerprint density at radius 2 is 1.90 bits per heavy atom. The molecule has 2 aromatic carbocycles. The molecule has 0 saturated carbocycles. The van der Waals surface area contributed by atoms with Crippen molar-refractivity contribution in [2.75, 3.05) is 10.6 Å². The lowest BCUT2D eigenvalue weighted by Crippen LogP contribution is -2.16. The normalized spacial score (nSPS) is 10.4. The SMILES string of the molecule is CC(=O)Nc1ccc(Cl)cc1NC(=O)c1nnn(-c2cccc([N+](=O)[O-])c2)c1C. The fourth-order valence-electron chi connectivity index (χ4n) is 2.62. The van der Waals surface area contributed by atoms with Gasteiger partial charge in [0.15, 0.2) is 5.69 Å². The molecule has 0 aliphatic heterocycles. The van der Waals surface area contributed by atoms with Gasteiger partial charge in [-0.1, -0.05) is 22.9 Å². The van der Waals surface area contributed by atoms with Crippen molar-refractivity contribution in [2.45, 2.75) is 13.8 Å². The summed E-state index contributed by atoms with van der Waals surface area (Å²) in [7, 11) is 0. The molecule has 1 aromatic heterocycles. The van der Waals surface area contributed by atoms with Gasteiger partial charge in [0.2, 0.25) is 5.91 Å². The molecule has 2 N–H and O–H groups in total. The number of anilines is 2. The maximum atomic E-state index is 12.7. The highest BCUT2D eigenvalue weighted by atomic mass is 35.5. The summed E-state index contributed by atoms with van der Waals surface area (Å²) in [5, 5.41) is 24.4. The largest absolute Gasteiger partial charge is 0.325 e. The van der Waals surface area contributed by atoms with Gasteiger partial charge >= 0.3 is 0 Å². The van der Waals surface area contributed by atoms with Crippen molar-refractivity contribution in [3.05, 3.63) is 69.0 Å². The minimum atomic E-state index is -0.576. The number of carbonyl (C=O) groups excluding carboxylic acids is 2. The molecular formula is C18H15ClN6O4. The quantitative estimate of drug-likeness (QED) is 0.486. The number of hydrogen-bond donors (Lipinski definition) is 2. The first-order chi connectivity index (χ1) is 13.8. The minimum absolute atomic E-state index is 0.0188. The van der Waals surface area contributed by atoms with Crippen LogP contribution in [-0.4, -0.2) is 31.7 Å². The van der Waals surface area contributed by atoms with Crippen LogP contribution in [0.2, 0.25) is 5.02 Å². The summed E-state index contributed by atoms with van der Waals surface area (Å²) >= 11 is 5.99. The Kier molecular flexibility index (Phi) is 5.55. The Balaban J connectivity index is 1.91. The highest BCUT2D eigenvalue weighted by Crippen LogP contribution is 2.27. The number of nitrogens with zero attached hydrogens (tertiary/aromatic N) is 4. The maximum absolute atomic E-state index is 12.7. The van der Waals surface area contributed by atoms with Crippen molar-refractivity contribution in [1.82, 2.24) is 15.0 Å². The lowest BCUT2D eigenvalue weighted by atomic mass is 10.2. The second-order valence-corrected chi connectivity index (χ2v) is 6.47. The molecule has 148 valence electrons. The highest BCUT2D eigenvalue weighted by Gasteiger charge is 2.20. The van der Waals surface area contributed by atoms with Crippen LogP contribution in [0, 0.1) is 17.0 Å². The summed E-state index contributed by atoms with van der Waals surface area (Å²) in [6, 6.07) is 10.4. The van der Waals surface area contributed by atoms with Crippen LogP contribution in [0.4, 0.5) is 17.1 Å². The fourth-order valence-corrected chi connectivity index (χ4v) is 2.79. The number of nitrogens with one attached hydrogen (secondary N) is 2. The molecule has 0 aliphatic carbocycles. The molecule has 3 rings (SSSR count). The molecule has 10 nitrogen and oxygen atoms in total. The standard InChI is InChI=1S/C18H15ClN6O4/c1-10-17(22-23-24(10)13-4-3-5-14(9-13)25(28)29)18(27)21-16-8-12(19)6-7-15(16)20-11(2)26/h3-9H,1-2H3,(H,20,26)(H,21,27). The molecule has 3 aromatic rings. The van der Waals surface area contributed by atoms with E-state index in [9.17, 15) is 19.7 Å². The first kappa shape index (κ1) is 20.0. The molecule has 0 radical (unpaired) electrons. The van der Waals surface area contributed by atoms with Gasteiger partial charge in [-0.2, -0.15) is 0 Å². The van der Waals surface area contributed by atoms with E-state index in [1.807, 2.05) is 0 Å². The third-order valence-corrected chi connectivity index (χ3v) is 4.17. The van der Waals surface area contributed by atoms with Gasteiger partial charge in [0.25, 0.3) is 11.6 Å². The number of hydrogen-bond acceptors (Lipinski definition) is 6. The number of nitro benzene ring substituents is 1. The zero-order valence-electron chi connectivity index (χ0n) is 15.3. The monoisotopic (exact) mass is 414 g/mol. The van der Waals surface area contributed by atoms with Crippen molar-refractivity contribution >= 4 is 40.5 Å². The van der Waals surface area contributed by atoms with Crippen LogP contribution in [0.5, 0.6) is 0 Å². The maximum Gasteiger partial charge on any atom is 0.278 e. The predicted molar refractivity (Wildman–Crippen MR) is 106 cm³/mol. The molecule has 11 heteroatoms. The number of nitro groups is 1. The van der Waals surface area contributed by atoms with E-state index in [1.165, 1.54) is 35.9 Å². The fraction of sp³-hybridized carbons (Fsp3) is 0.111. The molecule has 1 heterocycles. The minimum Gasteiger partial charge on any atom is -0.325 e. The summed E-state index contributed by atoms with van der Waals surface area (Å²) in [6.07, 6.45) is 0. The molecule has 0 saturated heterocycles. The molecule has 2 amide bonds. The van der Waals surface area contributed by atoms with E-state index in [0.717, 1.165) is 0 Å². The van der Waals surface area contributed by atoms with Gasteiger partial charge in [-0.15, -0.1) is 5.10 Å². The second kappa shape index (κ2) is 8.07. The lowest BCUT2D eigenvalue weighted by Gasteiger charge is -2.11. The third kappa shape index (κ3) is 4.38. The van der Waals surface area contributed by atoms with E-state index in [4.69, 9.17) is 11.6 Å². The van der Waals surface area contributed by atoms with Gasteiger partial charge in [0.1, 0.15) is 0 Å². The Morgan fingerprint density at radius 1 is 1.14 bits per heavy atom. The van der Waals surface area contributed by atoms with Crippen molar-refractivity contribution in [1.29, 1.82) is 0 Å². The van der Waals surface area contributed by atoms with Crippen molar-refractivity contribution < 1.29 is 14.5 Å². The average molecular weight is 415 g/mol. The predicted octanol–water partition coefficient (Wildman–Crippen LogP) is 3.35. The zero-order valence-corrected chi connectivity index (χ0v) is 16.1. The van der Waals surface area contributed by atoms with Crippen molar-refractivity contribution in [3.63, 3.8) is 0 Å². The first-order valence-corrected chi connectivity index (χ1v) is 8.69. The molecule has 29 heavy (non-hydrogen) atoms. The van der Waals surface area contributed by atoms with Gasteiger partial charge in [-0.3, -0.25) is 19.7 Å². The van der Waals surface area contributed by atoms with Crippen LogP contribution < -0.4 is 10.6 Å². The smallest absolute Gasteiger partial charge is 0.278 e. The van der Waals surface area contributed by atoms with E-state index < -0.39 is 10.8 Å². The number of rotatable bonds is 5. The molecular weight excluding hydrogens is 400 g/mol. The van der Waals surface area contributed by atoms with E-state index >= 15 is 0 Å². The number of aromatic nitrogens is 3. The van der Waals surface area contributed by atoms with Crippen LogP contribution in [-0.2, 0) is 4.79 Å². The topological polar surface area (TPSA) is 132 Å². The van der Waals surface area contributed by atoms with Gasteiger partial charge in [-0.25, -0.2) is 4.68 Å². The van der Waals surface area contributed by atoms with Crippen LogP contribution in [0.1, 0.15) is 23.1 Å². The third-order valence-electron chi connectivity index (χ3n) is 3.94. The molecule has 0 spiro atoms. The summed E-state index contributed by atoms with van der Waals surface area (Å²) in [6.45, 7) is 2.95. The molecule has 0 bridgehead atoms. The van der Waals surface area contributed by atoms with Gasteiger partial charge in [0, 0.05) is 24.1 Å². The zero-order chi connectivity index (χ0) is 21.1.